The molecule has 2 N–H and O–H groups in total. The van der Waals surface area contributed by atoms with Gasteiger partial charge in [0.25, 0.3) is 11.2 Å². The van der Waals surface area contributed by atoms with Crippen LogP contribution < -0.4 is 15.9 Å². The molecule has 132 valence electrons. The van der Waals surface area contributed by atoms with Gasteiger partial charge in [-0.25, -0.2) is 8.96 Å². The second-order valence-corrected chi connectivity index (χ2v) is 6.31. The molecule has 4 aromatic rings. The molecule has 0 aliphatic rings. The SMILES string of the molecule is Cc1cccn2c(=O)c3cc(C#N)c(N)[n+](Cc4ccc(F)cc4)c3nc12. The van der Waals surface area contributed by atoms with Crippen LogP contribution in [0.3, 0.4) is 0 Å². The summed E-state index contributed by atoms with van der Waals surface area (Å²) in [4.78, 5) is 17.6. The topological polar surface area (TPSA) is 88.1 Å². The lowest BCUT2D eigenvalue weighted by Crippen LogP contribution is -2.41. The van der Waals surface area contributed by atoms with Crippen molar-refractivity contribution in [3.8, 4) is 6.07 Å². The van der Waals surface area contributed by atoms with Gasteiger partial charge in [0, 0.05) is 11.8 Å². The van der Waals surface area contributed by atoms with Crippen LogP contribution in [0.1, 0.15) is 16.7 Å². The molecule has 0 fully saturated rings. The molecule has 0 unspecified atom stereocenters. The summed E-state index contributed by atoms with van der Waals surface area (Å²) in [5.74, 6) is -0.135. The minimum absolute atomic E-state index is 0.191. The van der Waals surface area contributed by atoms with Crippen molar-refractivity contribution in [2.24, 2.45) is 0 Å². The predicted octanol–water partition coefficient (Wildman–Crippen LogP) is 2.08. The van der Waals surface area contributed by atoms with Crippen molar-refractivity contribution in [3.05, 3.63) is 81.5 Å². The molecule has 0 saturated carbocycles. The van der Waals surface area contributed by atoms with Crippen LogP contribution in [0.15, 0.2) is 53.5 Å². The Morgan fingerprint density at radius 3 is 2.74 bits per heavy atom. The lowest BCUT2D eigenvalue weighted by atomic mass is 10.1. The maximum Gasteiger partial charge on any atom is 0.278 e. The Morgan fingerprint density at radius 1 is 1.30 bits per heavy atom. The Balaban J connectivity index is 2.09. The Morgan fingerprint density at radius 2 is 2.04 bits per heavy atom. The summed E-state index contributed by atoms with van der Waals surface area (Å²) in [5.41, 5.74) is 8.62. The quantitative estimate of drug-likeness (QED) is 0.438. The average Bonchev–Trinajstić information content (AvgIpc) is 2.67. The molecule has 6 nitrogen and oxygen atoms in total. The fourth-order valence-corrected chi connectivity index (χ4v) is 3.13. The standard InChI is InChI=1S/C20H14FN5O/c1-12-3-2-8-25-18(12)24-19-16(20(25)27)9-14(10-22)17(23)26(19)11-13-4-6-15(21)7-5-13/h2-9,23H,11H2,1H3/p+1. The molecule has 7 heteroatoms. The number of hydrogen-bond donors (Lipinski definition) is 1. The zero-order valence-corrected chi connectivity index (χ0v) is 14.5. The molecule has 0 saturated heterocycles. The van der Waals surface area contributed by atoms with Crippen molar-refractivity contribution in [2.45, 2.75) is 13.5 Å². The normalized spacial score (nSPS) is 11.0. The first-order valence-corrected chi connectivity index (χ1v) is 8.28. The van der Waals surface area contributed by atoms with E-state index in [0.717, 1.165) is 11.1 Å². The van der Waals surface area contributed by atoms with Crippen LogP contribution in [0.4, 0.5) is 10.2 Å². The van der Waals surface area contributed by atoms with E-state index in [1.165, 1.54) is 22.6 Å². The number of aromatic nitrogens is 3. The number of fused-ring (bicyclic) bond motifs is 2. The molecule has 0 radical (unpaired) electrons. The molecule has 0 atom stereocenters. The summed E-state index contributed by atoms with van der Waals surface area (Å²) >= 11 is 0. The zero-order chi connectivity index (χ0) is 19.1. The third-order valence-corrected chi connectivity index (χ3v) is 4.55. The number of hydrogen-bond acceptors (Lipinski definition) is 4. The van der Waals surface area contributed by atoms with Crippen molar-refractivity contribution in [1.29, 1.82) is 5.26 Å². The van der Waals surface area contributed by atoms with Crippen LogP contribution in [-0.2, 0) is 6.54 Å². The van der Waals surface area contributed by atoms with Gasteiger partial charge < -0.3 is 5.73 Å². The predicted molar refractivity (Wildman–Crippen MR) is 98.5 cm³/mol. The van der Waals surface area contributed by atoms with Crippen LogP contribution in [0.2, 0.25) is 0 Å². The number of rotatable bonds is 2. The monoisotopic (exact) mass is 360 g/mol. The third-order valence-electron chi connectivity index (χ3n) is 4.55. The van der Waals surface area contributed by atoms with E-state index in [1.54, 1.807) is 29.0 Å². The number of anilines is 1. The molecule has 27 heavy (non-hydrogen) atoms. The maximum absolute atomic E-state index is 13.2. The second kappa shape index (κ2) is 6.18. The summed E-state index contributed by atoms with van der Waals surface area (Å²) in [6.45, 7) is 2.12. The molecular weight excluding hydrogens is 345 g/mol. The van der Waals surface area contributed by atoms with E-state index in [4.69, 9.17) is 5.73 Å². The molecule has 0 bridgehead atoms. The number of nitrogen functional groups attached to an aromatic ring is 1. The molecule has 3 aromatic heterocycles. The fourth-order valence-electron chi connectivity index (χ4n) is 3.13. The van der Waals surface area contributed by atoms with Crippen molar-refractivity contribution >= 4 is 22.5 Å². The van der Waals surface area contributed by atoms with E-state index >= 15 is 0 Å². The first-order valence-electron chi connectivity index (χ1n) is 8.28. The number of aryl methyl sites for hydroxylation is 1. The number of nitrogens with two attached hydrogens (primary N) is 1. The second-order valence-electron chi connectivity index (χ2n) is 6.31. The van der Waals surface area contributed by atoms with E-state index in [9.17, 15) is 14.4 Å². The number of nitrogens with zero attached hydrogens (tertiary/aromatic N) is 4. The van der Waals surface area contributed by atoms with Crippen LogP contribution in [-0.4, -0.2) is 9.38 Å². The number of benzene rings is 1. The summed E-state index contributed by atoms with van der Waals surface area (Å²) < 4.78 is 16.3. The highest BCUT2D eigenvalue weighted by molar-refractivity contribution is 5.77. The van der Waals surface area contributed by atoms with E-state index in [2.05, 4.69) is 4.98 Å². The highest BCUT2D eigenvalue weighted by Crippen LogP contribution is 2.16. The van der Waals surface area contributed by atoms with Crippen molar-refractivity contribution in [1.82, 2.24) is 9.38 Å². The molecule has 3 heterocycles. The smallest absolute Gasteiger partial charge is 0.278 e. The lowest BCUT2D eigenvalue weighted by molar-refractivity contribution is -0.649. The van der Waals surface area contributed by atoms with E-state index in [0.29, 0.717) is 16.7 Å². The minimum atomic E-state index is -0.342. The molecular formula is C20H15FN5O+. The third kappa shape index (κ3) is 2.68. The van der Waals surface area contributed by atoms with Crippen LogP contribution in [0.25, 0.3) is 16.7 Å². The summed E-state index contributed by atoms with van der Waals surface area (Å²) in [6, 6.07) is 13.1. The summed E-state index contributed by atoms with van der Waals surface area (Å²) in [7, 11) is 0. The molecule has 0 amide bonds. The van der Waals surface area contributed by atoms with Crippen LogP contribution in [0.5, 0.6) is 0 Å². The van der Waals surface area contributed by atoms with Crippen molar-refractivity contribution in [3.63, 3.8) is 0 Å². The van der Waals surface area contributed by atoms with Gasteiger partial charge in [-0.2, -0.15) is 5.26 Å². The van der Waals surface area contributed by atoms with Crippen LogP contribution in [0, 0.1) is 24.1 Å². The molecule has 0 aliphatic carbocycles. The van der Waals surface area contributed by atoms with Gasteiger partial charge in [0.1, 0.15) is 22.8 Å². The first kappa shape index (κ1) is 16.7. The van der Waals surface area contributed by atoms with E-state index < -0.39 is 0 Å². The highest BCUT2D eigenvalue weighted by atomic mass is 19.1. The van der Waals surface area contributed by atoms with Crippen LogP contribution >= 0.6 is 0 Å². The lowest BCUT2D eigenvalue weighted by Gasteiger charge is -2.10. The largest absolute Gasteiger partial charge is 0.317 e. The van der Waals surface area contributed by atoms with Gasteiger partial charge in [-0.3, -0.25) is 9.20 Å². The van der Waals surface area contributed by atoms with Crippen molar-refractivity contribution in [2.75, 3.05) is 5.73 Å². The molecule has 1 aromatic carbocycles. The number of nitriles is 1. The molecule has 4 rings (SSSR count). The number of halogens is 1. The average molecular weight is 360 g/mol. The Kier molecular flexibility index (Phi) is 3.81. The Bertz CT molecular complexity index is 1300. The van der Waals surface area contributed by atoms with Gasteiger partial charge in [-0.1, -0.05) is 23.2 Å². The summed E-state index contributed by atoms with van der Waals surface area (Å²) in [5, 5.41) is 9.73. The van der Waals surface area contributed by atoms with Gasteiger partial charge >= 0.3 is 0 Å². The van der Waals surface area contributed by atoms with Gasteiger partial charge in [-0.15, -0.1) is 0 Å². The van der Waals surface area contributed by atoms with Crippen molar-refractivity contribution < 1.29 is 8.96 Å². The van der Waals surface area contributed by atoms with Gasteiger partial charge in [0.2, 0.25) is 11.5 Å². The zero-order valence-electron chi connectivity index (χ0n) is 14.5. The highest BCUT2D eigenvalue weighted by Gasteiger charge is 2.21. The first-order chi connectivity index (χ1) is 13.0. The van der Waals surface area contributed by atoms with E-state index in [1.807, 2.05) is 19.1 Å². The van der Waals surface area contributed by atoms with Gasteiger partial charge in [-0.05, 0) is 36.8 Å². The molecule has 0 aliphatic heterocycles. The van der Waals surface area contributed by atoms with Gasteiger partial charge in [0.05, 0.1) is 6.54 Å². The fraction of sp³-hybridized carbons (Fsp3) is 0.100. The maximum atomic E-state index is 13.2. The Labute approximate surface area is 153 Å². The molecule has 0 spiro atoms. The Hall–Kier alpha value is -3.79. The number of pyridine rings is 2. The minimum Gasteiger partial charge on any atom is -0.317 e. The van der Waals surface area contributed by atoms with Gasteiger partial charge in [0.15, 0.2) is 0 Å². The van der Waals surface area contributed by atoms with E-state index in [-0.39, 0.29) is 29.3 Å². The summed E-state index contributed by atoms with van der Waals surface area (Å²) in [6.07, 6.45) is 1.64.